The quantitative estimate of drug-likeness (QED) is 0.692. The van der Waals surface area contributed by atoms with Crippen molar-refractivity contribution in [1.82, 2.24) is 4.90 Å². The van der Waals surface area contributed by atoms with Gasteiger partial charge in [0.1, 0.15) is 5.78 Å². The molecule has 0 aromatic rings. The number of fused-ring (bicyclic) bond motifs is 1. The van der Waals surface area contributed by atoms with Gasteiger partial charge in [0.05, 0.1) is 32.3 Å². The first-order valence-electron chi connectivity index (χ1n) is 7.73. The van der Waals surface area contributed by atoms with Crippen LogP contribution < -0.4 is 0 Å². The van der Waals surface area contributed by atoms with Crippen molar-refractivity contribution in [1.29, 1.82) is 0 Å². The molecule has 2 rings (SSSR count). The fraction of sp³-hybridized carbons (Fsp3) is 0.867. The van der Waals surface area contributed by atoms with Crippen molar-refractivity contribution in [2.24, 2.45) is 0 Å². The number of hydrogen-bond donors (Lipinski definition) is 0. The lowest BCUT2D eigenvalue weighted by molar-refractivity contribution is -0.144. The number of carbonyl (C=O) groups is 2. The van der Waals surface area contributed by atoms with E-state index >= 15 is 0 Å². The highest BCUT2D eigenvalue weighted by Gasteiger charge is 2.34. The molecule has 2 atom stereocenters. The minimum Gasteiger partial charge on any atom is -0.466 e. The summed E-state index contributed by atoms with van der Waals surface area (Å²) in [6, 6.07) is 0.393. The molecule has 1 saturated carbocycles. The predicted octanol–water partition coefficient (Wildman–Crippen LogP) is 1.54. The fourth-order valence-corrected chi connectivity index (χ4v) is 3.15. The molecule has 1 aliphatic heterocycles. The monoisotopic (exact) mass is 283 g/mol. The molecule has 0 amide bonds. The smallest absolute Gasteiger partial charge is 0.306 e. The second kappa shape index (κ2) is 7.74. The maximum absolute atomic E-state index is 12.0. The third-order valence-electron chi connectivity index (χ3n) is 4.14. The molecule has 0 bridgehead atoms. The second-order valence-corrected chi connectivity index (χ2v) is 5.58. The molecule has 1 saturated heterocycles. The fourth-order valence-electron chi connectivity index (χ4n) is 3.15. The molecular weight excluding hydrogens is 258 g/mol. The Kier molecular flexibility index (Phi) is 5.98. The van der Waals surface area contributed by atoms with Crippen LogP contribution in [-0.2, 0) is 19.1 Å². The van der Waals surface area contributed by atoms with Gasteiger partial charge in [0.2, 0.25) is 0 Å². The summed E-state index contributed by atoms with van der Waals surface area (Å²) in [5.74, 6) is -0.150. The average Bonchev–Trinajstić information content (AvgIpc) is 2.46. The molecule has 0 N–H and O–H groups in total. The standard InChI is InChI=1S/C15H25NO4/c1-2-19-15(18)8-7-12(17)11-16-9-10-20-14-6-4-3-5-13(14)16/h13-14H,2-11H2,1H3. The number of esters is 1. The highest BCUT2D eigenvalue weighted by molar-refractivity contribution is 5.84. The molecule has 5 nitrogen and oxygen atoms in total. The third-order valence-corrected chi connectivity index (χ3v) is 4.14. The zero-order valence-electron chi connectivity index (χ0n) is 12.3. The average molecular weight is 283 g/mol. The van der Waals surface area contributed by atoms with E-state index in [4.69, 9.17) is 9.47 Å². The lowest BCUT2D eigenvalue weighted by atomic mass is 9.90. The van der Waals surface area contributed by atoms with Gasteiger partial charge in [0.25, 0.3) is 0 Å². The van der Waals surface area contributed by atoms with Crippen LogP contribution in [0.25, 0.3) is 0 Å². The molecule has 1 aliphatic carbocycles. The molecule has 0 radical (unpaired) electrons. The highest BCUT2D eigenvalue weighted by atomic mass is 16.5. The Morgan fingerprint density at radius 2 is 2.05 bits per heavy atom. The summed E-state index contributed by atoms with van der Waals surface area (Å²) in [6.45, 7) is 4.14. The SMILES string of the molecule is CCOC(=O)CCC(=O)CN1CCOC2CCCCC21. The maximum atomic E-state index is 12.0. The minimum atomic E-state index is -0.279. The van der Waals surface area contributed by atoms with Crippen LogP contribution in [0.4, 0.5) is 0 Å². The van der Waals surface area contributed by atoms with Crippen molar-refractivity contribution in [3.8, 4) is 0 Å². The van der Waals surface area contributed by atoms with E-state index in [2.05, 4.69) is 4.90 Å². The van der Waals surface area contributed by atoms with E-state index in [0.717, 1.165) is 19.4 Å². The van der Waals surface area contributed by atoms with E-state index in [0.29, 0.717) is 31.9 Å². The highest BCUT2D eigenvalue weighted by Crippen LogP contribution is 2.28. The molecule has 0 spiro atoms. The van der Waals surface area contributed by atoms with E-state index in [1.807, 2.05) is 0 Å². The number of morpholine rings is 1. The molecule has 5 heteroatoms. The number of hydrogen-bond acceptors (Lipinski definition) is 5. The van der Waals surface area contributed by atoms with Crippen LogP contribution in [0, 0.1) is 0 Å². The number of nitrogens with zero attached hydrogens (tertiary/aromatic N) is 1. The lowest BCUT2D eigenvalue weighted by Crippen LogP contribution is -2.53. The molecule has 20 heavy (non-hydrogen) atoms. The van der Waals surface area contributed by atoms with E-state index < -0.39 is 0 Å². The number of ether oxygens (including phenoxy) is 2. The van der Waals surface area contributed by atoms with Gasteiger partial charge in [0.15, 0.2) is 0 Å². The molecular formula is C15H25NO4. The van der Waals surface area contributed by atoms with E-state index in [1.165, 1.54) is 12.8 Å². The molecule has 2 fully saturated rings. The van der Waals surface area contributed by atoms with Crippen molar-refractivity contribution < 1.29 is 19.1 Å². The summed E-state index contributed by atoms with van der Waals surface area (Å²) in [4.78, 5) is 25.5. The van der Waals surface area contributed by atoms with Gasteiger partial charge >= 0.3 is 5.97 Å². The molecule has 0 aromatic heterocycles. The molecule has 114 valence electrons. The van der Waals surface area contributed by atoms with Gasteiger partial charge in [-0.3, -0.25) is 14.5 Å². The van der Waals surface area contributed by atoms with Gasteiger partial charge in [-0.25, -0.2) is 0 Å². The Labute approximate surface area is 120 Å². The van der Waals surface area contributed by atoms with Crippen molar-refractivity contribution in [2.45, 2.75) is 57.6 Å². The zero-order chi connectivity index (χ0) is 14.4. The largest absolute Gasteiger partial charge is 0.466 e. The number of rotatable bonds is 6. The van der Waals surface area contributed by atoms with Crippen molar-refractivity contribution in [3.63, 3.8) is 0 Å². The molecule has 2 unspecified atom stereocenters. The Morgan fingerprint density at radius 3 is 2.85 bits per heavy atom. The first-order chi connectivity index (χ1) is 9.70. The summed E-state index contributed by atoms with van der Waals surface area (Å²) in [5, 5.41) is 0. The van der Waals surface area contributed by atoms with Crippen LogP contribution in [-0.4, -0.2) is 55.1 Å². The first-order valence-corrected chi connectivity index (χ1v) is 7.73. The van der Waals surface area contributed by atoms with Crippen LogP contribution >= 0.6 is 0 Å². The number of ketones is 1. The van der Waals surface area contributed by atoms with Crippen LogP contribution in [0.5, 0.6) is 0 Å². The van der Waals surface area contributed by atoms with Crippen molar-refractivity contribution in [3.05, 3.63) is 0 Å². The Morgan fingerprint density at radius 1 is 1.25 bits per heavy atom. The summed E-state index contributed by atoms with van der Waals surface area (Å²) in [5.41, 5.74) is 0. The van der Waals surface area contributed by atoms with Crippen molar-refractivity contribution >= 4 is 11.8 Å². The summed E-state index contributed by atoms with van der Waals surface area (Å²) in [6.07, 6.45) is 5.46. The van der Waals surface area contributed by atoms with Gasteiger partial charge < -0.3 is 9.47 Å². The van der Waals surface area contributed by atoms with Gasteiger partial charge in [-0.2, -0.15) is 0 Å². The summed E-state index contributed by atoms with van der Waals surface area (Å²) < 4.78 is 10.6. The normalized spacial score (nSPS) is 26.9. The minimum absolute atomic E-state index is 0.129. The van der Waals surface area contributed by atoms with Crippen LogP contribution in [0.1, 0.15) is 45.4 Å². The van der Waals surface area contributed by atoms with Gasteiger partial charge in [-0.1, -0.05) is 12.8 Å². The van der Waals surface area contributed by atoms with Crippen molar-refractivity contribution in [2.75, 3.05) is 26.3 Å². The van der Waals surface area contributed by atoms with Gasteiger partial charge in [-0.05, 0) is 19.8 Å². The van der Waals surface area contributed by atoms with Crippen LogP contribution in [0.3, 0.4) is 0 Å². The first kappa shape index (κ1) is 15.4. The Bertz CT molecular complexity index is 343. The van der Waals surface area contributed by atoms with Crippen LogP contribution in [0.15, 0.2) is 0 Å². The number of Topliss-reactive ketones (excluding diaryl/α,β-unsaturated/α-hetero) is 1. The maximum Gasteiger partial charge on any atom is 0.306 e. The molecule has 2 aliphatic rings. The van der Waals surface area contributed by atoms with E-state index in [-0.39, 0.29) is 24.6 Å². The lowest BCUT2D eigenvalue weighted by Gasteiger charge is -2.43. The van der Waals surface area contributed by atoms with E-state index in [1.54, 1.807) is 6.92 Å². The predicted molar refractivity (Wildman–Crippen MR) is 74.4 cm³/mol. The van der Waals surface area contributed by atoms with E-state index in [9.17, 15) is 9.59 Å². The Balaban J connectivity index is 1.76. The van der Waals surface area contributed by atoms with Gasteiger partial charge in [-0.15, -0.1) is 0 Å². The zero-order valence-corrected chi connectivity index (χ0v) is 12.3. The molecule has 0 aromatic carbocycles. The van der Waals surface area contributed by atoms with Gasteiger partial charge in [0, 0.05) is 19.0 Å². The summed E-state index contributed by atoms with van der Waals surface area (Å²) in [7, 11) is 0. The Hall–Kier alpha value is -0.940. The topological polar surface area (TPSA) is 55.8 Å². The number of carbonyl (C=O) groups excluding carboxylic acids is 2. The second-order valence-electron chi connectivity index (χ2n) is 5.58. The van der Waals surface area contributed by atoms with Crippen LogP contribution in [0.2, 0.25) is 0 Å². The summed E-state index contributed by atoms with van der Waals surface area (Å²) >= 11 is 0. The molecule has 1 heterocycles. The third kappa shape index (κ3) is 4.28.